The van der Waals surface area contributed by atoms with Crippen molar-refractivity contribution in [2.24, 2.45) is 0 Å². The van der Waals surface area contributed by atoms with Gasteiger partial charge in [0, 0.05) is 7.05 Å². The van der Waals surface area contributed by atoms with E-state index in [-0.39, 0.29) is 27.8 Å². The maximum Gasteiger partial charge on any atom is 0.339 e. The van der Waals surface area contributed by atoms with Gasteiger partial charge in [0.2, 0.25) is 0 Å². The number of fused-ring (bicyclic) bond motifs is 2. The standard InChI is InChI=1S/C19H12N2O6/c1-20-15(22)13-7-6-10(8-14(13)16(20)23)19(26)27-9-21-17(24)11-4-2-3-5-12(11)18(21)25/h2-8H,9H2,1H3. The number of amides is 4. The molecule has 2 aromatic rings. The quantitative estimate of drug-likeness (QED) is 0.601. The lowest BCUT2D eigenvalue weighted by atomic mass is 10.1. The molecule has 0 fully saturated rings. The van der Waals surface area contributed by atoms with Gasteiger partial charge in [-0.15, -0.1) is 0 Å². The zero-order valence-corrected chi connectivity index (χ0v) is 14.1. The molecule has 27 heavy (non-hydrogen) atoms. The van der Waals surface area contributed by atoms with Gasteiger partial charge in [0.1, 0.15) is 0 Å². The van der Waals surface area contributed by atoms with Gasteiger partial charge in [0.15, 0.2) is 6.73 Å². The Bertz CT molecular complexity index is 1020. The number of esters is 1. The SMILES string of the molecule is CN1C(=O)c2ccc(C(=O)OCN3C(=O)c4ccccc4C3=O)cc2C1=O. The smallest absolute Gasteiger partial charge is 0.339 e. The van der Waals surface area contributed by atoms with E-state index in [0.29, 0.717) is 0 Å². The van der Waals surface area contributed by atoms with Crippen LogP contribution < -0.4 is 0 Å². The predicted molar refractivity (Wildman–Crippen MR) is 90.1 cm³/mol. The summed E-state index contributed by atoms with van der Waals surface area (Å²) in [6, 6.07) is 10.3. The van der Waals surface area contributed by atoms with E-state index >= 15 is 0 Å². The van der Waals surface area contributed by atoms with Crippen LogP contribution in [0.5, 0.6) is 0 Å². The van der Waals surface area contributed by atoms with E-state index in [4.69, 9.17) is 4.74 Å². The van der Waals surface area contributed by atoms with Crippen molar-refractivity contribution in [2.45, 2.75) is 0 Å². The number of carbonyl (C=O) groups is 5. The molecule has 0 spiro atoms. The van der Waals surface area contributed by atoms with Crippen molar-refractivity contribution in [2.75, 3.05) is 13.8 Å². The topological polar surface area (TPSA) is 101 Å². The molecule has 4 rings (SSSR count). The van der Waals surface area contributed by atoms with Crippen molar-refractivity contribution in [3.8, 4) is 0 Å². The third kappa shape index (κ3) is 2.42. The van der Waals surface area contributed by atoms with Crippen LogP contribution in [0.4, 0.5) is 0 Å². The van der Waals surface area contributed by atoms with E-state index in [1.54, 1.807) is 12.1 Å². The minimum absolute atomic E-state index is 0.0433. The second-order valence-electron chi connectivity index (χ2n) is 6.07. The highest BCUT2D eigenvalue weighted by Crippen LogP contribution is 2.24. The fourth-order valence-electron chi connectivity index (χ4n) is 3.05. The molecule has 134 valence electrons. The third-order valence-corrected chi connectivity index (χ3v) is 4.53. The van der Waals surface area contributed by atoms with Gasteiger partial charge in [0.25, 0.3) is 23.6 Å². The molecule has 4 amide bonds. The maximum absolute atomic E-state index is 12.3. The number of rotatable bonds is 3. The van der Waals surface area contributed by atoms with Gasteiger partial charge >= 0.3 is 5.97 Å². The summed E-state index contributed by atoms with van der Waals surface area (Å²) < 4.78 is 5.07. The number of carbonyl (C=O) groups excluding carboxylic acids is 5. The van der Waals surface area contributed by atoms with Crippen LogP contribution in [0.25, 0.3) is 0 Å². The van der Waals surface area contributed by atoms with Crippen molar-refractivity contribution < 1.29 is 28.7 Å². The van der Waals surface area contributed by atoms with E-state index in [1.807, 2.05) is 0 Å². The molecule has 2 heterocycles. The van der Waals surface area contributed by atoms with E-state index in [2.05, 4.69) is 0 Å². The van der Waals surface area contributed by atoms with Crippen LogP contribution in [0.15, 0.2) is 42.5 Å². The minimum Gasteiger partial charge on any atom is -0.440 e. The van der Waals surface area contributed by atoms with Gasteiger partial charge < -0.3 is 4.74 Å². The number of imide groups is 2. The van der Waals surface area contributed by atoms with Crippen LogP contribution in [-0.4, -0.2) is 53.2 Å². The summed E-state index contributed by atoms with van der Waals surface area (Å²) in [6.07, 6.45) is 0. The summed E-state index contributed by atoms with van der Waals surface area (Å²) in [5.41, 5.74) is 0.866. The molecule has 0 unspecified atom stereocenters. The first-order chi connectivity index (χ1) is 12.9. The van der Waals surface area contributed by atoms with E-state index in [0.717, 1.165) is 9.80 Å². The Morgan fingerprint density at radius 2 is 1.37 bits per heavy atom. The molecular formula is C19H12N2O6. The van der Waals surface area contributed by atoms with Gasteiger partial charge in [0.05, 0.1) is 27.8 Å². The molecule has 0 N–H and O–H groups in total. The lowest BCUT2D eigenvalue weighted by Gasteiger charge is -2.14. The highest BCUT2D eigenvalue weighted by Gasteiger charge is 2.36. The van der Waals surface area contributed by atoms with Crippen molar-refractivity contribution in [1.29, 1.82) is 0 Å². The highest BCUT2D eigenvalue weighted by molar-refractivity contribution is 6.22. The Balaban J connectivity index is 1.50. The molecule has 2 aliphatic rings. The summed E-state index contributed by atoms with van der Waals surface area (Å²) in [6.45, 7) is -0.547. The molecule has 0 bridgehead atoms. The van der Waals surface area contributed by atoms with Crippen LogP contribution in [0, 0.1) is 0 Å². The van der Waals surface area contributed by atoms with Crippen LogP contribution in [0.1, 0.15) is 51.8 Å². The Hall–Kier alpha value is -3.81. The Labute approximate surface area is 152 Å². The van der Waals surface area contributed by atoms with E-state index in [1.165, 1.54) is 37.4 Å². The Morgan fingerprint density at radius 3 is 2.00 bits per heavy atom. The first-order valence-corrected chi connectivity index (χ1v) is 7.99. The third-order valence-electron chi connectivity index (χ3n) is 4.53. The molecule has 0 aromatic heterocycles. The normalized spacial score (nSPS) is 15.3. The number of hydrogen-bond acceptors (Lipinski definition) is 6. The monoisotopic (exact) mass is 364 g/mol. The minimum atomic E-state index is -0.816. The van der Waals surface area contributed by atoms with Crippen molar-refractivity contribution in [1.82, 2.24) is 9.80 Å². The number of ether oxygens (including phenoxy) is 1. The summed E-state index contributed by atoms with van der Waals surface area (Å²) in [4.78, 5) is 62.5. The molecule has 0 saturated heterocycles. The van der Waals surface area contributed by atoms with Gasteiger partial charge in [-0.05, 0) is 30.3 Å². The predicted octanol–water partition coefficient (Wildman–Crippen LogP) is 1.32. The fourth-order valence-corrected chi connectivity index (χ4v) is 3.05. The van der Waals surface area contributed by atoms with Crippen LogP contribution in [0.2, 0.25) is 0 Å². The number of benzene rings is 2. The molecule has 0 atom stereocenters. The summed E-state index contributed by atoms with van der Waals surface area (Å²) in [5, 5.41) is 0. The average Bonchev–Trinajstić information content (AvgIpc) is 3.06. The number of nitrogens with zero attached hydrogens (tertiary/aromatic N) is 2. The zero-order valence-electron chi connectivity index (χ0n) is 14.1. The Morgan fingerprint density at radius 1 is 0.815 bits per heavy atom. The first kappa shape index (κ1) is 16.6. The van der Waals surface area contributed by atoms with Crippen LogP contribution in [-0.2, 0) is 4.74 Å². The maximum atomic E-state index is 12.3. The van der Waals surface area contributed by atoms with E-state index < -0.39 is 36.3 Å². The van der Waals surface area contributed by atoms with Gasteiger partial charge in [-0.1, -0.05) is 12.1 Å². The van der Waals surface area contributed by atoms with Crippen molar-refractivity contribution in [3.63, 3.8) is 0 Å². The van der Waals surface area contributed by atoms with Crippen molar-refractivity contribution in [3.05, 3.63) is 70.3 Å². The lowest BCUT2D eigenvalue weighted by molar-refractivity contribution is 0.0227. The summed E-state index contributed by atoms with van der Waals surface area (Å²) in [5.74, 6) is -2.85. The number of hydrogen-bond donors (Lipinski definition) is 0. The second kappa shape index (κ2) is 5.87. The lowest BCUT2D eigenvalue weighted by Crippen LogP contribution is -2.33. The highest BCUT2D eigenvalue weighted by atomic mass is 16.5. The molecule has 8 heteroatoms. The van der Waals surface area contributed by atoms with Gasteiger partial charge in [-0.25, -0.2) is 9.69 Å². The van der Waals surface area contributed by atoms with Crippen LogP contribution >= 0.6 is 0 Å². The molecular weight excluding hydrogens is 352 g/mol. The molecule has 0 radical (unpaired) electrons. The largest absolute Gasteiger partial charge is 0.440 e. The second-order valence-corrected chi connectivity index (χ2v) is 6.07. The zero-order chi connectivity index (χ0) is 19.3. The van der Waals surface area contributed by atoms with Gasteiger partial charge in [-0.3, -0.25) is 24.1 Å². The molecule has 2 aromatic carbocycles. The molecule has 2 aliphatic heterocycles. The summed E-state index contributed by atoms with van der Waals surface area (Å²) >= 11 is 0. The van der Waals surface area contributed by atoms with Crippen LogP contribution in [0.3, 0.4) is 0 Å². The average molecular weight is 364 g/mol. The summed E-state index contributed by atoms with van der Waals surface area (Å²) in [7, 11) is 1.35. The molecule has 0 saturated carbocycles. The fraction of sp³-hybridized carbons (Fsp3) is 0.105. The molecule has 0 aliphatic carbocycles. The van der Waals surface area contributed by atoms with Crippen molar-refractivity contribution >= 4 is 29.6 Å². The Kier molecular flexibility index (Phi) is 3.62. The molecule has 8 nitrogen and oxygen atoms in total. The van der Waals surface area contributed by atoms with Gasteiger partial charge in [-0.2, -0.15) is 0 Å². The first-order valence-electron chi connectivity index (χ1n) is 7.99. The van der Waals surface area contributed by atoms with E-state index in [9.17, 15) is 24.0 Å².